The number of nitrogens with one attached hydrogen (secondary N) is 1. The summed E-state index contributed by atoms with van der Waals surface area (Å²) in [7, 11) is 1.67. The second-order valence-corrected chi connectivity index (χ2v) is 5.49. The quantitative estimate of drug-likeness (QED) is 0.801. The number of carbonyl (C=O) groups excluding carboxylic acids is 1. The molecule has 0 bridgehead atoms. The first-order valence-electron chi connectivity index (χ1n) is 7.17. The second-order valence-electron chi connectivity index (χ2n) is 5.49. The van der Waals surface area contributed by atoms with Gasteiger partial charge in [0.05, 0.1) is 12.0 Å². The van der Waals surface area contributed by atoms with Gasteiger partial charge in [-0.3, -0.25) is 4.79 Å². The van der Waals surface area contributed by atoms with Crippen LogP contribution in [-0.4, -0.2) is 24.7 Å². The van der Waals surface area contributed by atoms with Crippen molar-refractivity contribution in [2.24, 2.45) is 5.41 Å². The number of ether oxygens (including phenoxy) is 1. The van der Waals surface area contributed by atoms with E-state index in [2.05, 4.69) is 5.32 Å². The maximum Gasteiger partial charge on any atom is 0.226 e. The molecule has 1 aliphatic rings. The number of methoxy groups -OCH3 is 1. The van der Waals surface area contributed by atoms with Crippen molar-refractivity contribution in [2.75, 3.05) is 13.7 Å². The largest absolute Gasteiger partial charge is 0.392 e. The summed E-state index contributed by atoms with van der Waals surface area (Å²) in [6.07, 6.45) is 3.80. The highest BCUT2D eigenvalue weighted by molar-refractivity contribution is 5.83. The van der Waals surface area contributed by atoms with E-state index in [1.54, 1.807) is 7.11 Å². The lowest BCUT2D eigenvalue weighted by molar-refractivity contribution is -0.137. The maximum atomic E-state index is 12.4. The molecule has 4 nitrogen and oxygen atoms in total. The molecule has 0 spiro atoms. The van der Waals surface area contributed by atoms with Gasteiger partial charge >= 0.3 is 0 Å². The topological polar surface area (TPSA) is 58.6 Å². The second kappa shape index (κ2) is 6.86. The fourth-order valence-corrected chi connectivity index (χ4v) is 2.74. The number of amides is 1. The van der Waals surface area contributed by atoms with E-state index in [1.165, 1.54) is 0 Å². The fourth-order valence-electron chi connectivity index (χ4n) is 2.74. The van der Waals surface area contributed by atoms with Crippen LogP contribution in [0.2, 0.25) is 0 Å². The Morgan fingerprint density at radius 1 is 1.35 bits per heavy atom. The van der Waals surface area contributed by atoms with Gasteiger partial charge in [0.15, 0.2) is 0 Å². The van der Waals surface area contributed by atoms with Gasteiger partial charge < -0.3 is 15.2 Å². The van der Waals surface area contributed by atoms with Crippen LogP contribution in [0.25, 0.3) is 0 Å². The molecule has 1 aromatic carbocycles. The predicted molar refractivity (Wildman–Crippen MR) is 77.0 cm³/mol. The molecular formula is C16H23NO3. The fraction of sp³-hybridized carbons (Fsp3) is 0.562. The minimum atomic E-state index is -0.232. The van der Waals surface area contributed by atoms with Gasteiger partial charge in [0.1, 0.15) is 0 Å². The summed E-state index contributed by atoms with van der Waals surface area (Å²) in [5.41, 5.74) is 1.61. The van der Waals surface area contributed by atoms with Gasteiger partial charge in [-0.2, -0.15) is 0 Å². The predicted octanol–water partition coefficient (Wildman–Crippen LogP) is 2.00. The smallest absolute Gasteiger partial charge is 0.226 e. The van der Waals surface area contributed by atoms with Gasteiger partial charge in [0.2, 0.25) is 5.91 Å². The number of aliphatic hydroxyl groups is 1. The van der Waals surface area contributed by atoms with E-state index in [4.69, 9.17) is 4.74 Å². The van der Waals surface area contributed by atoms with Crippen LogP contribution in [0.15, 0.2) is 24.3 Å². The van der Waals surface area contributed by atoms with Crippen LogP contribution in [0, 0.1) is 5.41 Å². The molecule has 1 amide bonds. The van der Waals surface area contributed by atoms with E-state index in [-0.39, 0.29) is 17.9 Å². The first-order valence-corrected chi connectivity index (χ1v) is 7.17. The van der Waals surface area contributed by atoms with Crippen molar-refractivity contribution in [1.29, 1.82) is 0 Å². The Hall–Kier alpha value is -1.39. The first-order chi connectivity index (χ1) is 9.72. The van der Waals surface area contributed by atoms with Gasteiger partial charge in [-0.25, -0.2) is 0 Å². The molecular weight excluding hydrogens is 254 g/mol. The number of aliphatic hydroxyl groups excluding tert-OH is 1. The van der Waals surface area contributed by atoms with Crippen molar-refractivity contribution in [3.05, 3.63) is 35.4 Å². The van der Waals surface area contributed by atoms with Crippen LogP contribution in [0.4, 0.5) is 0 Å². The summed E-state index contributed by atoms with van der Waals surface area (Å²) in [6, 6.07) is 7.63. The van der Waals surface area contributed by atoms with Gasteiger partial charge in [0.25, 0.3) is 0 Å². The Morgan fingerprint density at radius 3 is 2.60 bits per heavy atom. The summed E-state index contributed by atoms with van der Waals surface area (Å²) in [5.74, 6) is 0.119. The van der Waals surface area contributed by atoms with Crippen LogP contribution in [0.1, 0.15) is 36.8 Å². The molecule has 1 aliphatic carbocycles. The Labute approximate surface area is 120 Å². The minimum absolute atomic E-state index is 0.000855. The molecule has 0 saturated heterocycles. The standard InChI is InChI=1S/C16H23NO3/c1-20-10-9-16(7-4-8-16)15(19)17-11-13-5-2-3-6-14(13)12-18/h2-3,5-6,18H,4,7-12H2,1H3,(H,17,19). The van der Waals surface area contributed by atoms with Gasteiger partial charge in [-0.05, 0) is 30.4 Å². The highest BCUT2D eigenvalue weighted by Crippen LogP contribution is 2.44. The van der Waals surface area contributed by atoms with Crippen LogP contribution in [0.5, 0.6) is 0 Å². The molecule has 0 radical (unpaired) electrons. The zero-order chi connectivity index (χ0) is 14.4. The normalized spacial score (nSPS) is 16.5. The number of hydrogen-bond acceptors (Lipinski definition) is 3. The van der Waals surface area contributed by atoms with E-state index < -0.39 is 0 Å². The molecule has 1 aromatic rings. The highest BCUT2D eigenvalue weighted by atomic mass is 16.5. The Morgan fingerprint density at radius 2 is 2.05 bits per heavy atom. The summed E-state index contributed by atoms with van der Waals surface area (Å²) in [6.45, 7) is 1.10. The Kier molecular flexibility index (Phi) is 5.15. The van der Waals surface area contributed by atoms with Crippen molar-refractivity contribution in [3.63, 3.8) is 0 Å². The lowest BCUT2D eigenvalue weighted by Gasteiger charge is -2.40. The third kappa shape index (κ3) is 3.19. The van der Waals surface area contributed by atoms with E-state index in [1.807, 2.05) is 24.3 Å². The van der Waals surface area contributed by atoms with E-state index in [0.29, 0.717) is 13.2 Å². The van der Waals surface area contributed by atoms with Crippen molar-refractivity contribution < 1.29 is 14.6 Å². The molecule has 20 heavy (non-hydrogen) atoms. The third-order valence-corrected chi connectivity index (χ3v) is 4.31. The number of carbonyl (C=O) groups is 1. The molecule has 0 heterocycles. The lowest BCUT2D eigenvalue weighted by atomic mass is 9.66. The van der Waals surface area contributed by atoms with Crippen LogP contribution in [0.3, 0.4) is 0 Å². The SMILES string of the molecule is COCCC1(C(=O)NCc2ccccc2CO)CCC1. The van der Waals surface area contributed by atoms with Crippen molar-refractivity contribution in [2.45, 2.75) is 38.8 Å². The van der Waals surface area contributed by atoms with E-state index in [0.717, 1.165) is 36.8 Å². The average molecular weight is 277 g/mol. The molecule has 0 aromatic heterocycles. The molecule has 0 aliphatic heterocycles. The van der Waals surface area contributed by atoms with Crippen molar-refractivity contribution in [1.82, 2.24) is 5.32 Å². The molecule has 0 unspecified atom stereocenters. The molecule has 110 valence electrons. The van der Waals surface area contributed by atoms with Gasteiger partial charge in [-0.15, -0.1) is 0 Å². The summed E-state index contributed by atoms with van der Waals surface area (Å²) in [4.78, 5) is 12.4. The van der Waals surface area contributed by atoms with Gasteiger partial charge in [-0.1, -0.05) is 30.7 Å². The number of benzene rings is 1. The highest BCUT2D eigenvalue weighted by Gasteiger charge is 2.43. The third-order valence-electron chi connectivity index (χ3n) is 4.31. The van der Waals surface area contributed by atoms with Gasteiger partial charge in [0, 0.05) is 20.3 Å². The molecule has 1 saturated carbocycles. The van der Waals surface area contributed by atoms with Crippen LogP contribution < -0.4 is 5.32 Å². The van der Waals surface area contributed by atoms with Crippen LogP contribution >= 0.6 is 0 Å². The van der Waals surface area contributed by atoms with E-state index in [9.17, 15) is 9.90 Å². The van der Waals surface area contributed by atoms with Crippen LogP contribution in [-0.2, 0) is 22.7 Å². The summed E-state index contributed by atoms with van der Waals surface area (Å²) in [5, 5.41) is 12.3. The summed E-state index contributed by atoms with van der Waals surface area (Å²) < 4.78 is 5.11. The summed E-state index contributed by atoms with van der Waals surface area (Å²) >= 11 is 0. The van der Waals surface area contributed by atoms with Crippen molar-refractivity contribution >= 4 is 5.91 Å². The molecule has 0 atom stereocenters. The Bertz CT molecular complexity index is 455. The number of hydrogen-bond donors (Lipinski definition) is 2. The zero-order valence-corrected chi connectivity index (χ0v) is 12.0. The van der Waals surface area contributed by atoms with Crippen molar-refractivity contribution in [3.8, 4) is 0 Å². The monoisotopic (exact) mass is 277 g/mol. The Balaban J connectivity index is 1.94. The molecule has 1 fully saturated rings. The zero-order valence-electron chi connectivity index (χ0n) is 12.0. The maximum absolute atomic E-state index is 12.4. The molecule has 4 heteroatoms. The molecule has 2 N–H and O–H groups in total. The lowest BCUT2D eigenvalue weighted by Crippen LogP contribution is -2.46. The average Bonchev–Trinajstić information content (AvgIpc) is 2.44. The van der Waals surface area contributed by atoms with E-state index >= 15 is 0 Å². The number of rotatable bonds is 7. The molecule has 2 rings (SSSR count). The minimum Gasteiger partial charge on any atom is -0.392 e. The first kappa shape index (κ1) is 15.0.